The second kappa shape index (κ2) is 8.69. The van der Waals surface area contributed by atoms with Gasteiger partial charge < -0.3 is 10.4 Å². The fourth-order valence-electron chi connectivity index (χ4n) is 4.18. The fourth-order valence-corrected chi connectivity index (χ4v) is 6.33. The molecule has 0 amide bonds. The zero-order chi connectivity index (χ0) is 24.0. The Morgan fingerprint density at radius 2 is 1.76 bits per heavy atom. The molecule has 8 nitrogen and oxygen atoms in total. The van der Waals surface area contributed by atoms with Crippen LogP contribution in [0, 0.1) is 5.82 Å². The molecule has 4 rings (SSSR count). The Morgan fingerprint density at radius 1 is 1.03 bits per heavy atom. The van der Waals surface area contributed by atoms with Crippen molar-refractivity contribution >= 4 is 31.5 Å². The quantitative estimate of drug-likeness (QED) is 0.535. The summed E-state index contributed by atoms with van der Waals surface area (Å²) in [6.45, 7) is 0.665. The van der Waals surface area contributed by atoms with Crippen LogP contribution in [0.5, 0.6) is 0 Å². The summed E-state index contributed by atoms with van der Waals surface area (Å²) in [6.07, 6.45) is 4.85. The first kappa shape index (κ1) is 23.7. The van der Waals surface area contributed by atoms with Crippen LogP contribution in [0.4, 0.5) is 10.1 Å². The molecule has 0 radical (unpaired) electrons. The number of sulfone groups is 1. The van der Waals surface area contributed by atoms with Gasteiger partial charge in [0.2, 0.25) is 0 Å². The summed E-state index contributed by atoms with van der Waals surface area (Å²) >= 11 is 0. The SMILES string of the molecule is CS(=O)(=O)c1cc(NS(=O)(=O)c2cc(C(=O)O)ccc2C2CC2)c(C2CCCCN2)cc1F. The van der Waals surface area contributed by atoms with E-state index in [4.69, 9.17) is 0 Å². The third-order valence-electron chi connectivity index (χ3n) is 6.00. The molecular formula is C22H25FN2O6S2. The molecule has 3 N–H and O–H groups in total. The molecule has 1 aliphatic carbocycles. The van der Waals surface area contributed by atoms with Crippen LogP contribution in [0.3, 0.4) is 0 Å². The van der Waals surface area contributed by atoms with Gasteiger partial charge in [-0.25, -0.2) is 26.0 Å². The molecule has 2 aromatic rings. The number of anilines is 1. The number of aromatic carboxylic acids is 1. The number of piperidine rings is 1. The van der Waals surface area contributed by atoms with Crippen molar-refractivity contribution in [2.75, 3.05) is 17.5 Å². The highest BCUT2D eigenvalue weighted by molar-refractivity contribution is 7.92. The minimum absolute atomic E-state index is 0.0127. The number of carbonyl (C=O) groups is 1. The average Bonchev–Trinajstić information content (AvgIpc) is 3.59. The van der Waals surface area contributed by atoms with E-state index in [0.717, 1.165) is 50.1 Å². The van der Waals surface area contributed by atoms with E-state index < -0.39 is 36.5 Å². The van der Waals surface area contributed by atoms with Gasteiger partial charge in [0.1, 0.15) is 10.7 Å². The van der Waals surface area contributed by atoms with Gasteiger partial charge in [0.05, 0.1) is 16.1 Å². The number of carboxylic acids is 1. The molecule has 2 fully saturated rings. The van der Waals surface area contributed by atoms with Gasteiger partial charge in [-0.2, -0.15) is 0 Å². The van der Waals surface area contributed by atoms with E-state index >= 15 is 0 Å². The number of hydrogen-bond acceptors (Lipinski definition) is 6. The summed E-state index contributed by atoms with van der Waals surface area (Å²) in [5.74, 6) is -2.20. The molecule has 0 spiro atoms. The van der Waals surface area contributed by atoms with E-state index in [1.807, 2.05) is 0 Å². The van der Waals surface area contributed by atoms with Crippen molar-refractivity contribution in [2.45, 2.75) is 53.9 Å². The number of nitrogens with one attached hydrogen (secondary N) is 2. The first-order valence-corrected chi connectivity index (χ1v) is 14.0. The third kappa shape index (κ3) is 5.04. The molecule has 1 saturated carbocycles. The van der Waals surface area contributed by atoms with Crippen LogP contribution in [0.2, 0.25) is 0 Å². The predicted molar refractivity (Wildman–Crippen MR) is 120 cm³/mol. The molecule has 1 saturated heterocycles. The maximum Gasteiger partial charge on any atom is 0.335 e. The number of sulfonamides is 1. The van der Waals surface area contributed by atoms with Crippen LogP contribution in [0.25, 0.3) is 0 Å². The van der Waals surface area contributed by atoms with Crippen molar-refractivity contribution in [3.8, 4) is 0 Å². The topological polar surface area (TPSA) is 130 Å². The van der Waals surface area contributed by atoms with E-state index in [2.05, 4.69) is 10.0 Å². The second-order valence-electron chi connectivity index (χ2n) is 8.58. The lowest BCUT2D eigenvalue weighted by Gasteiger charge is -2.27. The lowest BCUT2D eigenvalue weighted by atomic mass is 9.96. The highest BCUT2D eigenvalue weighted by atomic mass is 32.2. The fraction of sp³-hybridized carbons (Fsp3) is 0.409. The molecule has 1 unspecified atom stereocenters. The van der Waals surface area contributed by atoms with Crippen molar-refractivity contribution in [1.29, 1.82) is 0 Å². The molecule has 2 aromatic carbocycles. The van der Waals surface area contributed by atoms with E-state index in [1.54, 1.807) is 0 Å². The van der Waals surface area contributed by atoms with E-state index in [-0.39, 0.29) is 28.1 Å². The summed E-state index contributed by atoms with van der Waals surface area (Å²) < 4.78 is 68.2. The molecule has 0 bridgehead atoms. The Hall–Kier alpha value is -2.50. The number of halogens is 1. The monoisotopic (exact) mass is 496 g/mol. The molecular weight excluding hydrogens is 471 g/mol. The van der Waals surface area contributed by atoms with E-state index in [0.29, 0.717) is 24.1 Å². The number of carboxylic acid groups (broad SMARTS) is 1. The van der Waals surface area contributed by atoms with Crippen LogP contribution >= 0.6 is 0 Å². The Balaban J connectivity index is 1.83. The van der Waals surface area contributed by atoms with Gasteiger partial charge in [-0.15, -0.1) is 0 Å². The molecule has 1 aliphatic heterocycles. The lowest BCUT2D eigenvalue weighted by molar-refractivity contribution is 0.0696. The van der Waals surface area contributed by atoms with Crippen LogP contribution < -0.4 is 10.0 Å². The third-order valence-corrected chi connectivity index (χ3v) is 8.53. The second-order valence-corrected chi connectivity index (χ2v) is 12.2. The maximum atomic E-state index is 14.7. The minimum Gasteiger partial charge on any atom is -0.478 e. The van der Waals surface area contributed by atoms with Crippen LogP contribution in [-0.2, 0) is 19.9 Å². The number of hydrogen-bond donors (Lipinski definition) is 3. The van der Waals surface area contributed by atoms with E-state index in [1.165, 1.54) is 12.1 Å². The summed E-state index contributed by atoms with van der Waals surface area (Å²) in [4.78, 5) is 10.7. The predicted octanol–water partition coefficient (Wildman–Crippen LogP) is 3.42. The van der Waals surface area contributed by atoms with Gasteiger partial charge in [0, 0.05) is 12.3 Å². The van der Waals surface area contributed by atoms with Crippen LogP contribution in [0.15, 0.2) is 40.1 Å². The Kier molecular flexibility index (Phi) is 6.23. The van der Waals surface area contributed by atoms with Crippen molar-refractivity contribution in [2.24, 2.45) is 0 Å². The first-order chi connectivity index (χ1) is 15.5. The summed E-state index contributed by atoms with van der Waals surface area (Å²) in [5.41, 5.74) is 0.601. The normalized spacial score (nSPS) is 19.3. The van der Waals surface area contributed by atoms with Crippen molar-refractivity contribution < 1.29 is 31.1 Å². The van der Waals surface area contributed by atoms with Gasteiger partial charge in [-0.1, -0.05) is 12.5 Å². The standard InChI is InChI=1S/C22H25FN2O6S2/c1-32(28,29)21-12-19(16(11-17(21)23)18-4-2-3-9-24-18)25-33(30,31)20-10-14(22(26)27)7-8-15(20)13-5-6-13/h7-8,10-13,18,24-25H,2-6,9H2,1H3,(H,26,27). The van der Waals surface area contributed by atoms with Gasteiger partial charge in [-0.05, 0) is 73.5 Å². The van der Waals surface area contributed by atoms with Crippen molar-refractivity contribution in [3.63, 3.8) is 0 Å². The van der Waals surface area contributed by atoms with Crippen molar-refractivity contribution in [1.82, 2.24) is 5.32 Å². The van der Waals surface area contributed by atoms with Crippen LogP contribution in [0.1, 0.15) is 65.5 Å². The van der Waals surface area contributed by atoms with E-state index in [9.17, 15) is 31.1 Å². The Morgan fingerprint density at radius 3 is 2.33 bits per heavy atom. The summed E-state index contributed by atoms with van der Waals surface area (Å²) in [5, 5.41) is 12.6. The molecule has 178 valence electrons. The lowest BCUT2D eigenvalue weighted by Crippen LogP contribution is -2.28. The van der Waals surface area contributed by atoms with Gasteiger partial charge >= 0.3 is 5.97 Å². The largest absolute Gasteiger partial charge is 0.478 e. The summed E-state index contributed by atoms with van der Waals surface area (Å²) in [7, 11) is -8.26. The molecule has 33 heavy (non-hydrogen) atoms. The van der Waals surface area contributed by atoms with Gasteiger partial charge in [0.15, 0.2) is 9.84 Å². The minimum atomic E-state index is -4.30. The van der Waals surface area contributed by atoms with Gasteiger partial charge in [0.25, 0.3) is 10.0 Å². The molecule has 1 atom stereocenters. The number of rotatable bonds is 7. The average molecular weight is 497 g/mol. The Labute approximate surface area is 192 Å². The maximum absolute atomic E-state index is 14.7. The summed E-state index contributed by atoms with van der Waals surface area (Å²) in [6, 6.07) is 5.70. The molecule has 11 heteroatoms. The van der Waals surface area contributed by atoms with Crippen LogP contribution in [-0.4, -0.2) is 40.7 Å². The zero-order valence-corrected chi connectivity index (χ0v) is 19.6. The zero-order valence-electron chi connectivity index (χ0n) is 18.0. The molecule has 0 aromatic heterocycles. The first-order valence-electron chi connectivity index (χ1n) is 10.6. The highest BCUT2D eigenvalue weighted by Crippen LogP contribution is 2.44. The highest BCUT2D eigenvalue weighted by Gasteiger charge is 2.32. The molecule has 2 aliphatic rings. The van der Waals surface area contributed by atoms with Gasteiger partial charge in [-0.3, -0.25) is 4.72 Å². The van der Waals surface area contributed by atoms with Crippen molar-refractivity contribution in [3.05, 3.63) is 52.8 Å². The smallest absolute Gasteiger partial charge is 0.335 e. The molecule has 1 heterocycles. The Bertz CT molecular complexity index is 1310. The number of benzene rings is 2.